The fraction of sp³-hybridized carbons (Fsp3) is 0.273. The Kier molecular flexibility index (Phi) is 7.73. The minimum Gasteiger partial charge on any atom is -0.497 e. The molecule has 1 aliphatic heterocycles. The first-order valence-electron chi connectivity index (χ1n) is 9.85. The zero-order valence-electron chi connectivity index (χ0n) is 17.9. The van der Waals surface area contributed by atoms with E-state index in [2.05, 4.69) is 10.7 Å². The molecule has 0 unspecified atom stereocenters. The molecular formula is C22H22ClN3O7. The van der Waals surface area contributed by atoms with Gasteiger partial charge in [-0.05, 0) is 30.3 Å². The molecule has 3 amide bonds. The van der Waals surface area contributed by atoms with E-state index in [4.69, 9.17) is 25.8 Å². The molecule has 0 aromatic heterocycles. The lowest BCUT2D eigenvalue weighted by atomic mass is 10.1. The average molecular weight is 476 g/mol. The van der Waals surface area contributed by atoms with Gasteiger partial charge in [-0.2, -0.15) is 0 Å². The highest BCUT2D eigenvalue weighted by atomic mass is 35.5. The summed E-state index contributed by atoms with van der Waals surface area (Å²) in [6, 6.07) is 11.1. The fourth-order valence-electron chi connectivity index (χ4n) is 3.12. The Morgan fingerprint density at radius 1 is 1.09 bits per heavy atom. The van der Waals surface area contributed by atoms with E-state index in [9.17, 15) is 19.2 Å². The first kappa shape index (κ1) is 23.9. The lowest BCUT2D eigenvalue weighted by molar-refractivity contribution is -0.151. The standard InChI is InChI=1S/C22H22ClN3O7/c1-31-17-6-13(7-18(10-17)32-2)21(29)25-26-11-14(8-20(26)28)22(30)33-12-19(27)24-16-5-3-4-15(23)9-16/h3-7,9-10,14H,8,11-12H2,1-2H3,(H,24,27)(H,25,29)/t14-/m1/s1. The number of esters is 1. The number of carbonyl (C=O) groups excluding carboxylic acids is 4. The summed E-state index contributed by atoms with van der Waals surface area (Å²) in [6.07, 6.45) is -0.156. The Bertz CT molecular complexity index is 1050. The summed E-state index contributed by atoms with van der Waals surface area (Å²) < 4.78 is 15.3. The van der Waals surface area contributed by atoms with Crippen LogP contribution in [-0.4, -0.2) is 56.1 Å². The van der Waals surface area contributed by atoms with Crippen LogP contribution in [-0.2, 0) is 19.1 Å². The van der Waals surface area contributed by atoms with Crippen molar-refractivity contribution in [1.82, 2.24) is 10.4 Å². The summed E-state index contributed by atoms with van der Waals surface area (Å²) in [5.41, 5.74) is 3.14. The average Bonchev–Trinajstić information content (AvgIpc) is 3.17. The Morgan fingerprint density at radius 2 is 1.79 bits per heavy atom. The van der Waals surface area contributed by atoms with Gasteiger partial charge in [0.05, 0.1) is 26.7 Å². The monoisotopic (exact) mass is 475 g/mol. The summed E-state index contributed by atoms with van der Waals surface area (Å²) >= 11 is 5.86. The maximum Gasteiger partial charge on any atom is 0.311 e. The van der Waals surface area contributed by atoms with E-state index in [0.717, 1.165) is 5.01 Å². The molecule has 1 fully saturated rings. The van der Waals surface area contributed by atoms with Gasteiger partial charge in [0.1, 0.15) is 11.5 Å². The molecule has 2 aromatic rings. The molecule has 0 bridgehead atoms. The molecule has 2 N–H and O–H groups in total. The van der Waals surface area contributed by atoms with Gasteiger partial charge in [-0.25, -0.2) is 0 Å². The van der Waals surface area contributed by atoms with Gasteiger partial charge < -0.3 is 19.5 Å². The number of hydrogen-bond donors (Lipinski definition) is 2. The van der Waals surface area contributed by atoms with Crippen LogP contribution in [0.25, 0.3) is 0 Å². The van der Waals surface area contributed by atoms with E-state index in [-0.39, 0.29) is 18.5 Å². The maximum absolute atomic E-state index is 12.6. The molecule has 1 atom stereocenters. The minimum atomic E-state index is -0.823. The Balaban J connectivity index is 1.52. The normalized spacial score (nSPS) is 15.1. The molecule has 0 saturated carbocycles. The molecule has 1 heterocycles. The first-order valence-corrected chi connectivity index (χ1v) is 10.2. The second-order valence-electron chi connectivity index (χ2n) is 7.11. The number of carbonyl (C=O) groups is 4. The van der Waals surface area contributed by atoms with E-state index in [1.165, 1.54) is 26.4 Å². The van der Waals surface area contributed by atoms with Gasteiger partial charge in [0.2, 0.25) is 5.91 Å². The Hall–Kier alpha value is -3.79. The zero-order valence-corrected chi connectivity index (χ0v) is 18.7. The first-order chi connectivity index (χ1) is 15.8. The number of methoxy groups -OCH3 is 2. The number of hydrazine groups is 1. The lowest BCUT2D eigenvalue weighted by Crippen LogP contribution is -2.43. The number of hydrogen-bond acceptors (Lipinski definition) is 7. The topological polar surface area (TPSA) is 123 Å². The van der Waals surface area contributed by atoms with Crippen molar-refractivity contribution < 1.29 is 33.4 Å². The highest BCUT2D eigenvalue weighted by Gasteiger charge is 2.36. The summed E-state index contributed by atoms with van der Waals surface area (Å²) in [5.74, 6) is -2.30. The third-order valence-corrected chi connectivity index (χ3v) is 5.00. The van der Waals surface area contributed by atoms with Gasteiger partial charge in [0, 0.05) is 28.8 Å². The quantitative estimate of drug-likeness (QED) is 0.560. The van der Waals surface area contributed by atoms with E-state index in [1.807, 2.05) is 0 Å². The molecule has 0 radical (unpaired) electrons. The van der Waals surface area contributed by atoms with Crippen LogP contribution >= 0.6 is 11.6 Å². The number of amides is 3. The van der Waals surface area contributed by atoms with Crippen molar-refractivity contribution in [1.29, 1.82) is 0 Å². The maximum atomic E-state index is 12.6. The number of nitrogens with zero attached hydrogens (tertiary/aromatic N) is 1. The molecule has 174 valence electrons. The highest BCUT2D eigenvalue weighted by Crippen LogP contribution is 2.23. The highest BCUT2D eigenvalue weighted by molar-refractivity contribution is 6.30. The molecule has 3 rings (SSSR count). The molecule has 0 spiro atoms. The molecule has 33 heavy (non-hydrogen) atoms. The predicted octanol–water partition coefficient (Wildman–Crippen LogP) is 2.03. The molecule has 0 aliphatic carbocycles. The number of halogens is 1. The van der Waals surface area contributed by atoms with Crippen molar-refractivity contribution in [2.75, 3.05) is 32.7 Å². The van der Waals surface area contributed by atoms with Crippen LogP contribution in [0.2, 0.25) is 5.02 Å². The van der Waals surface area contributed by atoms with Crippen LogP contribution in [0.15, 0.2) is 42.5 Å². The van der Waals surface area contributed by atoms with Crippen molar-refractivity contribution in [3.05, 3.63) is 53.1 Å². The van der Waals surface area contributed by atoms with E-state index >= 15 is 0 Å². The number of anilines is 1. The fourth-order valence-corrected chi connectivity index (χ4v) is 3.31. The second-order valence-corrected chi connectivity index (χ2v) is 7.55. The summed E-state index contributed by atoms with van der Waals surface area (Å²) in [6.45, 7) is -0.605. The molecule has 11 heteroatoms. The summed E-state index contributed by atoms with van der Waals surface area (Å²) in [4.78, 5) is 49.2. The molecular weight excluding hydrogens is 454 g/mol. The van der Waals surface area contributed by atoms with Crippen molar-refractivity contribution >= 4 is 41.0 Å². The van der Waals surface area contributed by atoms with Crippen molar-refractivity contribution in [3.8, 4) is 11.5 Å². The van der Waals surface area contributed by atoms with E-state index in [0.29, 0.717) is 22.2 Å². The van der Waals surface area contributed by atoms with Gasteiger partial charge in [0.25, 0.3) is 11.8 Å². The molecule has 1 aliphatic rings. The lowest BCUT2D eigenvalue weighted by Gasteiger charge is -2.18. The third-order valence-electron chi connectivity index (χ3n) is 4.76. The van der Waals surface area contributed by atoms with Gasteiger partial charge in [-0.15, -0.1) is 0 Å². The van der Waals surface area contributed by atoms with Crippen molar-refractivity contribution in [3.63, 3.8) is 0 Å². The minimum absolute atomic E-state index is 0.0829. The van der Waals surface area contributed by atoms with Crippen molar-refractivity contribution in [2.45, 2.75) is 6.42 Å². The van der Waals surface area contributed by atoms with Crippen molar-refractivity contribution in [2.24, 2.45) is 5.92 Å². The van der Waals surface area contributed by atoms with Crippen LogP contribution in [0.1, 0.15) is 16.8 Å². The zero-order chi connectivity index (χ0) is 24.0. The van der Waals surface area contributed by atoms with Gasteiger partial charge in [-0.3, -0.25) is 29.6 Å². The molecule has 10 nitrogen and oxygen atoms in total. The van der Waals surface area contributed by atoms with Crippen LogP contribution in [0, 0.1) is 5.92 Å². The number of benzene rings is 2. The van der Waals surface area contributed by atoms with Crippen LogP contribution in [0.3, 0.4) is 0 Å². The number of nitrogens with one attached hydrogen (secondary N) is 2. The predicted molar refractivity (Wildman–Crippen MR) is 118 cm³/mol. The van der Waals surface area contributed by atoms with Crippen LogP contribution < -0.4 is 20.2 Å². The summed E-state index contributed by atoms with van der Waals surface area (Å²) in [5, 5.41) is 4.05. The van der Waals surface area contributed by atoms with Crippen LogP contribution in [0.5, 0.6) is 11.5 Å². The molecule has 1 saturated heterocycles. The third kappa shape index (κ3) is 6.36. The smallest absolute Gasteiger partial charge is 0.311 e. The van der Waals surface area contributed by atoms with Gasteiger partial charge in [-0.1, -0.05) is 17.7 Å². The number of rotatable bonds is 8. The Labute approximate surface area is 194 Å². The second kappa shape index (κ2) is 10.7. The molecule has 2 aromatic carbocycles. The largest absolute Gasteiger partial charge is 0.497 e. The van der Waals surface area contributed by atoms with E-state index < -0.39 is 36.2 Å². The van der Waals surface area contributed by atoms with E-state index in [1.54, 1.807) is 30.3 Å². The van der Waals surface area contributed by atoms with Crippen LogP contribution in [0.4, 0.5) is 5.69 Å². The van der Waals surface area contributed by atoms with Gasteiger partial charge in [0.15, 0.2) is 6.61 Å². The summed E-state index contributed by atoms with van der Waals surface area (Å²) in [7, 11) is 2.90. The SMILES string of the molecule is COc1cc(OC)cc(C(=O)NN2C[C@H](C(=O)OCC(=O)Nc3cccc(Cl)c3)CC2=O)c1. The Morgan fingerprint density at radius 3 is 2.42 bits per heavy atom. The van der Waals surface area contributed by atoms with Gasteiger partial charge >= 0.3 is 5.97 Å². The number of ether oxygens (including phenoxy) is 3.